The van der Waals surface area contributed by atoms with Gasteiger partial charge in [-0.1, -0.05) is 12.1 Å². The highest BCUT2D eigenvalue weighted by Gasteiger charge is 2.47. The molecule has 35 heavy (non-hydrogen) atoms. The van der Waals surface area contributed by atoms with Gasteiger partial charge in [-0.15, -0.1) is 0 Å². The molecule has 8 nitrogen and oxygen atoms in total. The Morgan fingerprint density at radius 3 is 2.09 bits per heavy atom. The maximum Gasteiger partial charge on any atom is 0.300 e. The minimum absolute atomic E-state index is 0.00460. The van der Waals surface area contributed by atoms with Gasteiger partial charge in [-0.3, -0.25) is 19.5 Å². The maximum absolute atomic E-state index is 13.3. The largest absolute Gasteiger partial charge is 0.508 e. The highest BCUT2D eigenvalue weighted by Crippen LogP contribution is 2.42. The smallest absolute Gasteiger partial charge is 0.300 e. The number of amides is 1. The zero-order valence-electron chi connectivity index (χ0n) is 19.3. The molecule has 2 saturated heterocycles. The summed E-state index contributed by atoms with van der Waals surface area (Å²) in [5.41, 5.74) is 2.59. The summed E-state index contributed by atoms with van der Waals surface area (Å²) in [6, 6.07) is 16.2. The highest BCUT2D eigenvalue weighted by atomic mass is 16.3. The number of pyridine rings is 1. The topological polar surface area (TPSA) is 97.2 Å². The molecule has 178 valence electrons. The van der Waals surface area contributed by atoms with Gasteiger partial charge in [0.2, 0.25) is 0 Å². The summed E-state index contributed by atoms with van der Waals surface area (Å²) >= 11 is 0. The number of piperazine rings is 1. The van der Waals surface area contributed by atoms with E-state index >= 15 is 0 Å². The number of rotatable bonds is 4. The van der Waals surface area contributed by atoms with Crippen molar-refractivity contribution in [2.24, 2.45) is 0 Å². The van der Waals surface area contributed by atoms with Crippen LogP contribution >= 0.6 is 0 Å². The maximum atomic E-state index is 13.3. The minimum Gasteiger partial charge on any atom is -0.508 e. The van der Waals surface area contributed by atoms with Gasteiger partial charge < -0.3 is 20.0 Å². The van der Waals surface area contributed by atoms with Gasteiger partial charge in [0.1, 0.15) is 11.5 Å². The van der Waals surface area contributed by atoms with Crippen LogP contribution in [0.3, 0.4) is 0 Å². The number of likely N-dealkylation sites (N-methyl/N-ethyl adjacent to an activating group) is 1. The van der Waals surface area contributed by atoms with E-state index in [4.69, 9.17) is 0 Å². The molecule has 2 fully saturated rings. The van der Waals surface area contributed by atoms with E-state index in [2.05, 4.69) is 21.8 Å². The standard InChI is InChI=1S/C27H26N4O4/c1-29-14-16-30(17-15-29)20-4-6-21(7-5-20)31-24(18-2-8-22(32)9-3-18)23(26(34)27(31)35)25(33)19-10-12-28-13-11-19/h2-13,24,32-33H,14-17H2,1H3/b25-23+. The van der Waals surface area contributed by atoms with Gasteiger partial charge in [0.05, 0.1) is 11.6 Å². The fourth-order valence-electron chi connectivity index (χ4n) is 4.62. The van der Waals surface area contributed by atoms with Gasteiger partial charge in [0.15, 0.2) is 0 Å². The fourth-order valence-corrected chi connectivity index (χ4v) is 4.62. The molecular formula is C27H26N4O4. The van der Waals surface area contributed by atoms with Crippen molar-refractivity contribution in [2.45, 2.75) is 6.04 Å². The summed E-state index contributed by atoms with van der Waals surface area (Å²) in [6.07, 6.45) is 3.02. The van der Waals surface area contributed by atoms with E-state index in [0.717, 1.165) is 31.9 Å². The Hall–Kier alpha value is -4.17. The number of aliphatic hydroxyl groups excluding tert-OH is 1. The Bertz CT molecular complexity index is 1260. The number of benzene rings is 2. The van der Waals surface area contributed by atoms with Crippen molar-refractivity contribution in [2.75, 3.05) is 43.0 Å². The molecule has 2 aromatic carbocycles. The first-order valence-corrected chi connectivity index (χ1v) is 11.5. The number of Topliss-reactive ketones (excluding diaryl/α,β-unsaturated/α-hetero) is 1. The number of aromatic hydroxyl groups is 1. The SMILES string of the molecule is CN1CCN(c2ccc(N3C(=O)C(=O)/C(=C(/O)c4ccncc4)C3c3ccc(O)cc3)cc2)CC1. The zero-order chi connectivity index (χ0) is 24.5. The summed E-state index contributed by atoms with van der Waals surface area (Å²) in [4.78, 5) is 36.4. The lowest BCUT2D eigenvalue weighted by molar-refractivity contribution is -0.132. The Labute approximate surface area is 203 Å². The molecular weight excluding hydrogens is 444 g/mol. The molecule has 3 heterocycles. The van der Waals surface area contributed by atoms with Crippen LogP contribution in [0.1, 0.15) is 17.2 Å². The second kappa shape index (κ2) is 9.23. The third-order valence-corrected chi connectivity index (χ3v) is 6.60. The number of carbonyl (C=O) groups excluding carboxylic acids is 2. The van der Waals surface area contributed by atoms with E-state index in [1.165, 1.54) is 29.4 Å². The number of hydrogen-bond acceptors (Lipinski definition) is 7. The third-order valence-electron chi connectivity index (χ3n) is 6.60. The van der Waals surface area contributed by atoms with E-state index in [9.17, 15) is 19.8 Å². The minimum atomic E-state index is -0.849. The van der Waals surface area contributed by atoms with Gasteiger partial charge in [-0.25, -0.2) is 0 Å². The highest BCUT2D eigenvalue weighted by molar-refractivity contribution is 6.51. The second-order valence-electron chi connectivity index (χ2n) is 8.80. The van der Waals surface area contributed by atoms with E-state index < -0.39 is 17.7 Å². The Morgan fingerprint density at radius 2 is 1.46 bits per heavy atom. The number of ketones is 1. The van der Waals surface area contributed by atoms with Crippen LogP contribution < -0.4 is 9.80 Å². The molecule has 0 bridgehead atoms. The third kappa shape index (κ3) is 4.24. The predicted molar refractivity (Wildman–Crippen MR) is 133 cm³/mol. The monoisotopic (exact) mass is 470 g/mol. The predicted octanol–water partition coefficient (Wildman–Crippen LogP) is 3.17. The van der Waals surface area contributed by atoms with Gasteiger partial charge in [-0.2, -0.15) is 0 Å². The number of aromatic nitrogens is 1. The number of phenolic OH excluding ortho intramolecular Hbond substituents is 1. The molecule has 0 aliphatic carbocycles. The molecule has 2 aliphatic heterocycles. The van der Waals surface area contributed by atoms with Crippen molar-refractivity contribution in [3.8, 4) is 5.75 Å². The molecule has 3 aromatic rings. The van der Waals surface area contributed by atoms with Crippen LogP contribution in [0.5, 0.6) is 5.75 Å². The van der Waals surface area contributed by atoms with E-state index in [0.29, 0.717) is 16.8 Å². The van der Waals surface area contributed by atoms with Crippen LogP contribution in [0, 0.1) is 0 Å². The van der Waals surface area contributed by atoms with Gasteiger partial charge in [0.25, 0.3) is 11.7 Å². The first-order valence-electron chi connectivity index (χ1n) is 11.5. The van der Waals surface area contributed by atoms with Crippen molar-refractivity contribution in [3.63, 3.8) is 0 Å². The zero-order valence-corrected chi connectivity index (χ0v) is 19.3. The first kappa shape index (κ1) is 22.6. The molecule has 1 amide bonds. The van der Waals surface area contributed by atoms with E-state index in [1.54, 1.807) is 24.3 Å². The van der Waals surface area contributed by atoms with Gasteiger partial charge in [-0.05, 0) is 61.1 Å². The van der Waals surface area contributed by atoms with E-state index in [1.807, 2.05) is 24.3 Å². The lowest BCUT2D eigenvalue weighted by Crippen LogP contribution is -2.44. The molecule has 1 atom stereocenters. The normalized spacial score (nSPS) is 20.4. The van der Waals surface area contributed by atoms with Crippen LogP contribution in [-0.2, 0) is 9.59 Å². The summed E-state index contributed by atoms with van der Waals surface area (Å²) in [7, 11) is 2.10. The fraction of sp³-hybridized carbons (Fsp3) is 0.222. The van der Waals surface area contributed by atoms with Gasteiger partial charge >= 0.3 is 0 Å². The number of nitrogens with zero attached hydrogens (tertiary/aromatic N) is 4. The van der Waals surface area contributed by atoms with Crippen LogP contribution in [0.2, 0.25) is 0 Å². The van der Waals surface area contributed by atoms with Crippen LogP contribution in [0.4, 0.5) is 11.4 Å². The Morgan fingerprint density at radius 1 is 0.857 bits per heavy atom. The molecule has 1 aromatic heterocycles. The molecule has 0 saturated carbocycles. The molecule has 2 aliphatic rings. The molecule has 1 unspecified atom stereocenters. The number of aliphatic hydroxyl groups is 1. The number of anilines is 2. The number of carbonyl (C=O) groups is 2. The van der Waals surface area contributed by atoms with Crippen molar-refractivity contribution in [1.29, 1.82) is 0 Å². The van der Waals surface area contributed by atoms with Crippen molar-refractivity contribution < 1.29 is 19.8 Å². The van der Waals surface area contributed by atoms with Crippen molar-refractivity contribution >= 4 is 28.8 Å². The summed E-state index contributed by atoms with van der Waals surface area (Å²) < 4.78 is 0. The summed E-state index contributed by atoms with van der Waals surface area (Å²) in [6.45, 7) is 3.79. The molecule has 8 heteroatoms. The van der Waals surface area contributed by atoms with Gasteiger partial charge in [0, 0.05) is 55.5 Å². The van der Waals surface area contributed by atoms with Crippen LogP contribution in [-0.4, -0.2) is 65.0 Å². The Balaban J connectivity index is 1.57. The Kier molecular flexibility index (Phi) is 5.96. The second-order valence-corrected chi connectivity index (χ2v) is 8.80. The molecule has 5 rings (SSSR count). The average molecular weight is 471 g/mol. The first-order chi connectivity index (χ1) is 16.9. The van der Waals surface area contributed by atoms with Crippen molar-refractivity contribution in [1.82, 2.24) is 9.88 Å². The molecule has 2 N–H and O–H groups in total. The van der Waals surface area contributed by atoms with Crippen LogP contribution in [0.15, 0.2) is 78.6 Å². The summed E-state index contributed by atoms with van der Waals surface area (Å²) in [5.74, 6) is -1.68. The lowest BCUT2D eigenvalue weighted by Gasteiger charge is -2.34. The lowest BCUT2D eigenvalue weighted by atomic mass is 9.95. The molecule has 0 spiro atoms. The molecule has 0 radical (unpaired) electrons. The quantitative estimate of drug-likeness (QED) is 0.343. The van der Waals surface area contributed by atoms with Crippen LogP contribution in [0.25, 0.3) is 5.76 Å². The number of phenols is 1. The van der Waals surface area contributed by atoms with E-state index in [-0.39, 0.29) is 17.1 Å². The summed E-state index contributed by atoms with van der Waals surface area (Å²) in [5, 5.41) is 20.9. The number of hydrogen-bond donors (Lipinski definition) is 2. The van der Waals surface area contributed by atoms with Crippen molar-refractivity contribution in [3.05, 3.63) is 89.8 Å². The average Bonchev–Trinajstić information content (AvgIpc) is 3.15.